The predicted molar refractivity (Wildman–Crippen MR) is 71.1 cm³/mol. The minimum atomic E-state index is -0.384. The molecule has 0 unspecified atom stereocenters. The van der Waals surface area contributed by atoms with Gasteiger partial charge in [0.25, 0.3) is 0 Å². The Morgan fingerprint density at radius 2 is 1.89 bits per heavy atom. The Hall–Kier alpha value is -1.84. The normalized spacial score (nSPS) is 27.5. The summed E-state index contributed by atoms with van der Waals surface area (Å²) in [6.07, 6.45) is 6.29. The summed E-state index contributed by atoms with van der Waals surface area (Å²) in [5.41, 5.74) is 0.381. The van der Waals surface area contributed by atoms with E-state index in [0.717, 1.165) is 18.7 Å². The lowest BCUT2D eigenvalue weighted by Gasteiger charge is -2.23. The molecule has 1 aromatic rings. The van der Waals surface area contributed by atoms with Crippen molar-refractivity contribution in [3.8, 4) is 0 Å². The lowest BCUT2D eigenvalue weighted by molar-refractivity contribution is 0.104. The molecule has 1 heterocycles. The molecule has 2 atom stereocenters. The number of benzene rings is 1. The van der Waals surface area contributed by atoms with Crippen molar-refractivity contribution in [3.05, 3.63) is 47.5 Å². The summed E-state index contributed by atoms with van der Waals surface area (Å²) in [5.74, 6) is 0.213. The summed E-state index contributed by atoms with van der Waals surface area (Å²) in [4.78, 5) is 12.0. The Labute approximate surface area is 111 Å². The zero-order valence-corrected chi connectivity index (χ0v) is 10.7. The van der Waals surface area contributed by atoms with Crippen LogP contribution in [0.5, 0.6) is 0 Å². The molecule has 1 aromatic carbocycles. The van der Waals surface area contributed by atoms with Crippen molar-refractivity contribution < 1.29 is 9.18 Å². The van der Waals surface area contributed by atoms with Crippen LogP contribution in [0.25, 0.3) is 0 Å². The fourth-order valence-electron chi connectivity index (χ4n) is 2.86. The van der Waals surface area contributed by atoms with Gasteiger partial charge in [0.15, 0.2) is 5.78 Å². The van der Waals surface area contributed by atoms with E-state index in [-0.39, 0.29) is 11.6 Å². The molecule has 3 rings (SSSR count). The molecule has 4 heteroatoms. The summed E-state index contributed by atoms with van der Waals surface area (Å²) in [6.45, 7) is 0. The minimum Gasteiger partial charge on any atom is -0.367 e. The molecule has 1 aliphatic carbocycles. The molecule has 2 N–H and O–H groups in total. The standard InChI is InChI=1S/C15H17FN2O/c16-11-5-3-4-10(8-11)14(19)9-15-17-12-6-1-2-7-13(12)18-15/h3-5,8-9,12-13,17-18H,1-2,6-7H2/b15-9-/t12-,13+/m0/s1. The van der Waals surface area contributed by atoms with Crippen LogP contribution in [-0.4, -0.2) is 17.9 Å². The first-order chi connectivity index (χ1) is 9.22. The number of nitrogens with one attached hydrogen (secondary N) is 2. The van der Waals surface area contributed by atoms with E-state index < -0.39 is 0 Å². The number of hydrogen-bond donors (Lipinski definition) is 2. The van der Waals surface area contributed by atoms with Gasteiger partial charge in [0.05, 0.1) is 0 Å². The van der Waals surface area contributed by atoms with E-state index in [4.69, 9.17) is 0 Å². The second kappa shape index (κ2) is 5.03. The molecular weight excluding hydrogens is 243 g/mol. The van der Waals surface area contributed by atoms with Gasteiger partial charge in [-0.1, -0.05) is 25.0 Å². The summed E-state index contributed by atoms with van der Waals surface area (Å²) in [7, 11) is 0. The average Bonchev–Trinajstić information content (AvgIpc) is 2.80. The van der Waals surface area contributed by atoms with Crippen molar-refractivity contribution in [1.29, 1.82) is 0 Å². The van der Waals surface area contributed by atoms with E-state index in [1.54, 1.807) is 12.1 Å². The number of hydrogen-bond acceptors (Lipinski definition) is 3. The average molecular weight is 260 g/mol. The van der Waals surface area contributed by atoms with Gasteiger partial charge in [0.1, 0.15) is 11.6 Å². The molecule has 0 spiro atoms. The van der Waals surface area contributed by atoms with Crippen molar-refractivity contribution in [3.63, 3.8) is 0 Å². The zero-order valence-electron chi connectivity index (χ0n) is 10.7. The van der Waals surface area contributed by atoms with Crippen molar-refractivity contribution >= 4 is 5.78 Å². The number of allylic oxidation sites excluding steroid dienone is 1. The van der Waals surface area contributed by atoms with Crippen LogP contribution in [0, 0.1) is 5.82 Å². The van der Waals surface area contributed by atoms with Gasteiger partial charge in [0, 0.05) is 23.7 Å². The number of ketones is 1. The van der Waals surface area contributed by atoms with Gasteiger partial charge in [-0.15, -0.1) is 0 Å². The van der Waals surface area contributed by atoms with E-state index in [1.165, 1.54) is 31.1 Å². The summed E-state index contributed by atoms with van der Waals surface area (Å²) < 4.78 is 13.1. The smallest absolute Gasteiger partial charge is 0.189 e. The second-order valence-corrected chi connectivity index (χ2v) is 5.22. The van der Waals surface area contributed by atoms with Crippen LogP contribution in [0.15, 0.2) is 36.2 Å². The van der Waals surface area contributed by atoms with E-state index >= 15 is 0 Å². The van der Waals surface area contributed by atoms with Crippen LogP contribution in [-0.2, 0) is 0 Å². The summed E-state index contributed by atoms with van der Waals surface area (Å²) in [6, 6.07) is 6.65. The number of fused-ring (bicyclic) bond motifs is 1. The van der Waals surface area contributed by atoms with Crippen LogP contribution in [0.2, 0.25) is 0 Å². The third-order valence-corrected chi connectivity index (χ3v) is 3.83. The molecule has 0 amide bonds. The van der Waals surface area contributed by atoms with E-state index in [0.29, 0.717) is 17.6 Å². The molecule has 1 saturated heterocycles. The van der Waals surface area contributed by atoms with Crippen LogP contribution in [0.3, 0.4) is 0 Å². The number of carbonyl (C=O) groups is 1. The highest BCUT2D eigenvalue weighted by atomic mass is 19.1. The molecule has 19 heavy (non-hydrogen) atoms. The van der Waals surface area contributed by atoms with Gasteiger partial charge >= 0.3 is 0 Å². The number of halogens is 1. The lowest BCUT2D eigenvalue weighted by Crippen LogP contribution is -2.36. The minimum absolute atomic E-state index is 0.173. The first-order valence-corrected chi connectivity index (χ1v) is 6.77. The first kappa shape index (κ1) is 12.2. The quantitative estimate of drug-likeness (QED) is 0.633. The molecule has 2 aliphatic rings. The highest BCUT2D eigenvalue weighted by molar-refractivity contribution is 6.04. The third-order valence-electron chi connectivity index (χ3n) is 3.83. The molecule has 1 aliphatic heterocycles. The molecule has 2 fully saturated rings. The Morgan fingerprint density at radius 3 is 2.53 bits per heavy atom. The maximum absolute atomic E-state index is 13.1. The van der Waals surface area contributed by atoms with Gasteiger partial charge < -0.3 is 10.6 Å². The topological polar surface area (TPSA) is 41.1 Å². The Bertz CT molecular complexity index is 511. The molecule has 3 nitrogen and oxygen atoms in total. The summed E-state index contributed by atoms with van der Waals surface area (Å²) in [5, 5.41) is 6.69. The molecule has 100 valence electrons. The first-order valence-electron chi connectivity index (χ1n) is 6.77. The van der Waals surface area contributed by atoms with Gasteiger partial charge in [0.2, 0.25) is 0 Å². The van der Waals surface area contributed by atoms with Crippen molar-refractivity contribution in [2.24, 2.45) is 0 Å². The largest absolute Gasteiger partial charge is 0.367 e. The van der Waals surface area contributed by atoms with Gasteiger partial charge in [-0.25, -0.2) is 4.39 Å². The Balaban J connectivity index is 1.74. The van der Waals surface area contributed by atoms with Crippen molar-refractivity contribution in [2.75, 3.05) is 0 Å². The second-order valence-electron chi connectivity index (χ2n) is 5.22. The summed E-state index contributed by atoms with van der Waals surface area (Å²) >= 11 is 0. The van der Waals surface area contributed by atoms with Crippen LogP contribution < -0.4 is 10.6 Å². The maximum atomic E-state index is 13.1. The molecule has 1 saturated carbocycles. The van der Waals surface area contributed by atoms with Crippen LogP contribution in [0.1, 0.15) is 36.0 Å². The predicted octanol–water partition coefficient (Wildman–Crippen LogP) is 2.35. The SMILES string of the molecule is O=C(/C=C1/N[C@H]2CCCC[C@H]2N1)c1cccc(F)c1. The molecular formula is C15H17FN2O. The van der Waals surface area contributed by atoms with Gasteiger partial charge in [-0.2, -0.15) is 0 Å². The number of rotatable bonds is 2. The number of carbonyl (C=O) groups excluding carboxylic acids is 1. The monoisotopic (exact) mass is 260 g/mol. The van der Waals surface area contributed by atoms with Crippen molar-refractivity contribution in [1.82, 2.24) is 10.6 Å². The Morgan fingerprint density at radius 1 is 1.21 bits per heavy atom. The Kier molecular flexibility index (Phi) is 3.23. The molecule has 0 bridgehead atoms. The fraction of sp³-hybridized carbons (Fsp3) is 0.400. The van der Waals surface area contributed by atoms with Crippen molar-refractivity contribution in [2.45, 2.75) is 37.8 Å². The molecule has 0 radical (unpaired) electrons. The highest BCUT2D eigenvalue weighted by Gasteiger charge is 2.31. The zero-order chi connectivity index (χ0) is 13.2. The maximum Gasteiger partial charge on any atom is 0.189 e. The van der Waals surface area contributed by atoms with Crippen LogP contribution >= 0.6 is 0 Å². The van der Waals surface area contributed by atoms with Gasteiger partial charge in [-0.3, -0.25) is 4.79 Å². The molecule has 0 aromatic heterocycles. The van der Waals surface area contributed by atoms with Crippen LogP contribution in [0.4, 0.5) is 4.39 Å². The van der Waals surface area contributed by atoms with Gasteiger partial charge in [-0.05, 0) is 25.0 Å². The third kappa shape index (κ3) is 2.62. The fourth-order valence-corrected chi connectivity index (χ4v) is 2.86. The van der Waals surface area contributed by atoms with E-state index in [2.05, 4.69) is 10.6 Å². The lowest BCUT2D eigenvalue weighted by atomic mass is 9.92. The highest BCUT2D eigenvalue weighted by Crippen LogP contribution is 2.23. The van der Waals surface area contributed by atoms with E-state index in [9.17, 15) is 9.18 Å². The van der Waals surface area contributed by atoms with E-state index in [1.807, 2.05) is 0 Å².